The first kappa shape index (κ1) is 29.6. The van der Waals surface area contributed by atoms with Crippen LogP contribution in [0.5, 0.6) is 0 Å². The Morgan fingerprint density at radius 3 is 1.64 bits per heavy atom. The molecule has 0 bridgehead atoms. The van der Waals surface area contributed by atoms with E-state index < -0.39 is 11.8 Å². The number of hydrogen-bond donors (Lipinski definition) is 0. The van der Waals surface area contributed by atoms with E-state index in [9.17, 15) is 14.4 Å². The van der Waals surface area contributed by atoms with E-state index >= 15 is 0 Å². The van der Waals surface area contributed by atoms with Crippen molar-refractivity contribution < 1.29 is 23.9 Å². The number of fused-ring (bicyclic) bond motifs is 2. The Morgan fingerprint density at radius 1 is 0.578 bits per heavy atom. The van der Waals surface area contributed by atoms with Gasteiger partial charge >= 0.3 is 11.9 Å². The summed E-state index contributed by atoms with van der Waals surface area (Å²) in [6.45, 7) is 4.69. The Morgan fingerprint density at radius 2 is 1.07 bits per heavy atom. The number of nitrogens with zero attached hydrogens (tertiary/aromatic N) is 2. The van der Waals surface area contributed by atoms with Gasteiger partial charge in [0.15, 0.2) is 0 Å². The lowest BCUT2D eigenvalue weighted by Crippen LogP contribution is -2.19. The van der Waals surface area contributed by atoms with Crippen molar-refractivity contribution in [2.75, 3.05) is 13.2 Å². The van der Waals surface area contributed by atoms with Crippen molar-refractivity contribution in [1.82, 2.24) is 9.13 Å². The fourth-order valence-electron chi connectivity index (χ4n) is 6.12. The molecule has 6 aromatic rings. The summed E-state index contributed by atoms with van der Waals surface area (Å²) in [5.41, 5.74) is 6.00. The molecule has 45 heavy (non-hydrogen) atoms. The molecule has 0 saturated heterocycles. The van der Waals surface area contributed by atoms with Gasteiger partial charge in [0.1, 0.15) is 0 Å². The summed E-state index contributed by atoms with van der Waals surface area (Å²) in [7, 11) is 0. The normalized spacial score (nSPS) is 11.2. The molecule has 0 atom stereocenters. The van der Waals surface area contributed by atoms with Crippen molar-refractivity contribution in [3.05, 3.63) is 131 Å². The van der Waals surface area contributed by atoms with Gasteiger partial charge in [-0.05, 0) is 42.7 Å². The summed E-state index contributed by atoms with van der Waals surface area (Å²) in [4.78, 5) is 40.5. The van der Waals surface area contributed by atoms with Gasteiger partial charge in [0, 0.05) is 34.9 Å². The Kier molecular flexibility index (Phi) is 8.60. The molecule has 0 radical (unpaired) electrons. The molecule has 4 aromatic carbocycles. The number of carbonyl (C=O) groups is 3. The van der Waals surface area contributed by atoms with Crippen LogP contribution in [0.2, 0.25) is 0 Å². The standard InChI is InChI=1S/C38H34N2O5/c1-3-44-33(41)23-30-28-19-11-13-21-31(28)39(24-26-15-7-5-8-16-26)35(30)36-34(37(42)38(43)45-4-2)29-20-12-14-22-32(29)40(36)25-27-17-9-6-10-18-27/h5-22H,3-4,23-25H2,1-2H3. The Balaban J connectivity index is 1.75. The maximum atomic E-state index is 14.1. The number of ketones is 1. The minimum atomic E-state index is -0.918. The number of Topliss-reactive ketones (excluding diaryl/α,β-unsaturated/α-hetero) is 1. The van der Waals surface area contributed by atoms with Crippen LogP contribution in [0.3, 0.4) is 0 Å². The van der Waals surface area contributed by atoms with E-state index in [4.69, 9.17) is 9.47 Å². The van der Waals surface area contributed by atoms with Crippen LogP contribution in [0.15, 0.2) is 109 Å². The number of aromatic nitrogens is 2. The molecule has 0 spiro atoms. The predicted molar refractivity (Wildman–Crippen MR) is 175 cm³/mol. The number of esters is 2. The second-order valence-corrected chi connectivity index (χ2v) is 10.8. The lowest BCUT2D eigenvalue weighted by molar-refractivity contribution is -0.142. The Hall–Kier alpha value is -5.43. The molecule has 226 valence electrons. The molecule has 0 unspecified atom stereocenters. The summed E-state index contributed by atoms with van der Waals surface area (Å²) >= 11 is 0. The van der Waals surface area contributed by atoms with Gasteiger partial charge in [0.25, 0.3) is 5.78 Å². The number of rotatable bonds is 11. The third kappa shape index (κ3) is 5.77. The molecule has 7 heteroatoms. The van der Waals surface area contributed by atoms with Crippen molar-refractivity contribution in [2.24, 2.45) is 0 Å². The maximum absolute atomic E-state index is 14.1. The van der Waals surface area contributed by atoms with Crippen LogP contribution in [-0.2, 0) is 38.6 Å². The van der Waals surface area contributed by atoms with Crippen molar-refractivity contribution in [3.8, 4) is 11.4 Å². The second kappa shape index (κ2) is 13.1. The number of ether oxygens (including phenoxy) is 2. The van der Waals surface area contributed by atoms with Crippen LogP contribution in [0, 0.1) is 0 Å². The molecule has 6 rings (SSSR count). The van der Waals surface area contributed by atoms with Crippen LogP contribution >= 0.6 is 0 Å². The zero-order chi connectivity index (χ0) is 31.3. The summed E-state index contributed by atoms with van der Waals surface area (Å²) in [5, 5.41) is 1.52. The highest BCUT2D eigenvalue weighted by Gasteiger charge is 2.33. The van der Waals surface area contributed by atoms with Gasteiger partial charge in [-0.2, -0.15) is 0 Å². The van der Waals surface area contributed by atoms with Crippen LogP contribution in [0.25, 0.3) is 33.2 Å². The molecule has 0 aliphatic heterocycles. The lowest BCUT2D eigenvalue weighted by Gasteiger charge is -2.18. The minimum absolute atomic E-state index is 0.00856. The molecule has 0 aliphatic rings. The van der Waals surface area contributed by atoms with E-state index in [0.29, 0.717) is 29.9 Å². The molecular weight excluding hydrogens is 564 g/mol. The van der Waals surface area contributed by atoms with Gasteiger partial charge in [-0.15, -0.1) is 0 Å². The molecule has 0 amide bonds. The summed E-state index contributed by atoms with van der Waals surface area (Å²) in [6.07, 6.45) is -0.00856. The third-order valence-corrected chi connectivity index (χ3v) is 7.95. The molecule has 2 aromatic heterocycles. The average molecular weight is 599 g/mol. The molecule has 0 fully saturated rings. The second-order valence-electron chi connectivity index (χ2n) is 10.8. The molecule has 7 nitrogen and oxygen atoms in total. The van der Waals surface area contributed by atoms with Crippen molar-refractivity contribution in [1.29, 1.82) is 0 Å². The first-order chi connectivity index (χ1) is 22.0. The molecule has 0 aliphatic carbocycles. The van der Waals surface area contributed by atoms with Crippen LogP contribution in [0.1, 0.15) is 40.9 Å². The van der Waals surface area contributed by atoms with E-state index in [0.717, 1.165) is 33.1 Å². The van der Waals surface area contributed by atoms with E-state index in [1.807, 2.05) is 109 Å². The SMILES string of the molecule is CCOC(=O)Cc1c(-c2c(C(=O)C(=O)OCC)c3ccccc3n2Cc2ccccc2)n(Cc2ccccc2)c2ccccc12. The smallest absolute Gasteiger partial charge is 0.379 e. The zero-order valence-corrected chi connectivity index (χ0v) is 25.4. The van der Waals surface area contributed by atoms with Gasteiger partial charge in [-0.3, -0.25) is 9.59 Å². The summed E-state index contributed by atoms with van der Waals surface area (Å²) in [6, 6.07) is 35.5. The largest absolute Gasteiger partial charge is 0.466 e. The van der Waals surface area contributed by atoms with E-state index in [-0.39, 0.29) is 31.2 Å². The van der Waals surface area contributed by atoms with Crippen molar-refractivity contribution >= 4 is 39.5 Å². The molecule has 0 saturated carbocycles. The number of benzene rings is 4. The first-order valence-electron chi connectivity index (χ1n) is 15.2. The van der Waals surface area contributed by atoms with Crippen molar-refractivity contribution in [3.63, 3.8) is 0 Å². The number of hydrogen-bond acceptors (Lipinski definition) is 5. The topological polar surface area (TPSA) is 79.5 Å². The first-order valence-corrected chi connectivity index (χ1v) is 15.2. The van der Waals surface area contributed by atoms with Gasteiger partial charge in [0.05, 0.1) is 36.6 Å². The maximum Gasteiger partial charge on any atom is 0.379 e. The van der Waals surface area contributed by atoms with E-state index in [2.05, 4.69) is 9.13 Å². The highest BCUT2D eigenvalue weighted by atomic mass is 16.5. The highest BCUT2D eigenvalue weighted by Crippen LogP contribution is 2.41. The predicted octanol–water partition coefficient (Wildman–Crippen LogP) is 7.21. The summed E-state index contributed by atoms with van der Waals surface area (Å²) < 4.78 is 14.9. The molecular formula is C38H34N2O5. The van der Waals surface area contributed by atoms with Gasteiger partial charge in [-0.25, -0.2) is 4.79 Å². The number of carbonyl (C=O) groups excluding carboxylic acids is 3. The van der Waals surface area contributed by atoms with Crippen molar-refractivity contribution in [2.45, 2.75) is 33.4 Å². The molecule has 0 N–H and O–H groups in total. The Labute approximate surface area is 261 Å². The number of para-hydroxylation sites is 2. The minimum Gasteiger partial charge on any atom is -0.466 e. The van der Waals surface area contributed by atoms with Crippen LogP contribution in [-0.4, -0.2) is 40.1 Å². The molecule has 2 heterocycles. The fourth-order valence-corrected chi connectivity index (χ4v) is 6.12. The van der Waals surface area contributed by atoms with Gasteiger partial charge in [0.2, 0.25) is 0 Å². The fraction of sp³-hybridized carbons (Fsp3) is 0.184. The third-order valence-electron chi connectivity index (χ3n) is 7.95. The lowest BCUT2D eigenvalue weighted by atomic mass is 10.00. The van der Waals surface area contributed by atoms with Gasteiger partial charge < -0.3 is 18.6 Å². The zero-order valence-electron chi connectivity index (χ0n) is 25.4. The quantitative estimate of drug-likeness (QED) is 0.0895. The van der Waals surface area contributed by atoms with E-state index in [1.54, 1.807) is 13.8 Å². The van der Waals surface area contributed by atoms with Gasteiger partial charge in [-0.1, -0.05) is 97.1 Å². The summed E-state index contributed by atoms with van der Waals surface area (Å²) in [5.74, 6) is -2.02. The highest BCUT2D eigenvalue weighted by molar-refractivity contribution is 6.44. The van der Waals surface area contributed by atoms with Crippen LogP contribution in [0.4, 0.5) is 0 Å². The monoisotopic (exact) mass is 598 g/mol. The average Bonchev–Trinajstić information content (AvgIpc) is 3.53. The Bertz CT molecular complexity index is 2000. The van der Waals surface area contributed by atoms with E-state index in [1.165, 1.54) is 0 Å². The van der Waals surface area contributed by atoms with Crippen LogP contribution < -0.4 is 0 Å².